The van der Waals surface area contributed by atoms with Crippen molar-refractivity contribution in [2.24, 2.45) is 5.14 Å². The molecule has 4 nitrogen and oxygen atoms in total. The number of nitrogens with two attached hydrogens (primary N) is 1. The molecule has 0 aliphatic heterocycles. The second-order valence-electron chi connectivity index (χ2n) is 2.25. The van der Waals surface area contributed by atoms with Crippen molar-refractivity contribution in [2.45, 2.75) is 0 Å². The van der Waals surface area contributed by atoms with Gasteiger partial charge in [0.2, 0.25) is 5.82 Å². The summed E-state index contributed by atoms with van der Waals surface area (Å²) >= 11 is 0. The molecular weight excluding hydrogens is 223 g/mol. The highest BCUT2D eigenvalue weighted by Crippen LogP contribution is 2.22. The van der Waals surface area contributed by atoms with Gasteiger partial charge >= 0.3 is 10.3 Å². The van der Waals surface area contributed by atoms with Crippen LogP contribution < -0.4 is 9.32 Å². The zero-order valence-electron chi connectivity index (χ0n) is 6.50. The molecule has 14 heavy (non-hydrogen) atoms. The monoisotopic (exact) mass is 227 g/mol. The second kappa shape index (κ2) is 3.46. The van der Waals surface area contributed by atoms with E-state index in [1.165, 1.54) is 0 Å². The van der Waals surface area contributed by atoms with E-state index in [0.29, 0.717) is 12.1 Å². The third-order valence-electron chi connectivity index (χ3n) is 1.21. The van der Waals surface area contributed by atoms with E-state index in [4.69, 9.17) is 0 Å². The van der Waals surface area contributed by atoms with Crippen LogP contribution in [0.15, 0.2) is 12.1 Å². The van der Waals surface area contributed by atoms with Crippen molar-refractivity contribution < 1.29 is 25.8 Å². The summed E-state index contributed by atoms with van der Waals surface area (Å²) in [7, 11) is -4.46. The molecular formula is C6H4F3NO3S. The van der Waals surface area contributed by atoms with Gasteiger partial charge in [0.25, 0.3) is 0 Å². The summed E-state index contributed by atoms with van der Waals surface area (Å²) in [5.74, 6) is -6.03. The molecule has 0 fully saturated rings. The van der Waals surface area contributed by atoms with Crippen LogP contribution in [-0.2, 0) is 10.3 Å². The van der Waals surface area contributed by atoms with Gasteiger partial charge in [-0.1, -0.05) is 0 Å². The maximum absolute atomic E-state index is 12.7. The van der Waals surface area contributed by atoms with Crippen molar-refractivity contribution in [3.63, 3.8) is 0 Å². The first-order valence-corrected chi connectivity index (χ1v) is 4.64. The quantitative estimate of drug-likeness (QED) is 0.755. The van der Waals surface area contributed by atoms with Crippen molar-refractivity contribution in [1.29, 1.82) is 0 Å². The second-order valence-corrected chi connectivity index (χ2v) is 3.40. The van der Waals surface area contributed by atoms with Gasteiger partial charge < -0.3 is 4.18 Å². The van der Waals surface area contributed by atoms with Gasteiger partial charge in [0.05, 0.1) is 0 Å². The molecule has 0 aromatic heterocycles. The topological polar surface area (TPSA) is 69.4 Å². The molecule has 0 bridgehead atoms. The minimum Gasteiger partial charge on any atom is -0.368 e. The SMILES string of the molecule is NS(=O)(=O)Oc1ccc(F)c(F)c1F. The number of hydrogen-bond donors (Lipinski definition) is 1. The van der Waals surface area contributed by atoms with Crippen LogP contribution in [0, 0.1) is 17.5 Å². The lowest BCUT2D eigenvalue weighted by atomic mass is 10.3. The van der Waals surface area contributed by atoms with Gasteiger partial charge in [0.15, 0.2) is 17.4 Å². The van der Waals surface area contributed by atoms with Crippen LogP contribution in [0.2, 0.25) is 0 Å². The zero-order valence-corrected chi connectivity index (χ0v) is 7.32. The van der Waals surface area contributed by atoms with E-state index in [1.807, 2.05) is 0 Å². The van der Waals surface area contributed by atoms with Crippen molar-refractivity contribution in [3.8, 4) is 5.75 Å². The first kappa shape index (κ1) is 10.8. The van der Waals surface area contributed by atoms with Gasteiger partial charge in [-0.05, 0) is 12.1 Å². The lowest BCUT2D eigenvalue weighted by Gasteiger charge is -2.03. The van der Waals surface area contributed by atoms with E-state index < -0.39 is 33.5 Å². The largest absolute Gasteiger partial charge is 0.380 e. The van der Waals surface area contributed by atoms with Crippen molar-refractivity contribution >= 4 is 10.3 Å². The molecule has 0 saturated carbocycles. The van der Waals surface area contributed by atoms with Gasteiger partial charge in [-0.2, -0.15) is 17.9 Å². The normalized spacial score (nSPS) is 11.4. The maximum Gasteiger partial charge on any atom is 0.380 e. The average Bonchev–Trinajstić information content (AvgIpc) is 2.04. The molecule has 8 heteroatoms. The Morgan fingerprint density at radius 1 is 1.14 bits per heavy atom. The molecule has 0 saturated heterocycles. The van der Waals surface area contributed by atoms with Crippen molar-refractivity contribution in [2.75, 3.05) is 0 Å². The van der Waals surface area contributed by atoms with E-state index >= 15 is 0 Å². The molecule has 0 aliphatic rings. The van der Waals surface area contributed by atoms with E-state index in [0.717, 1.165) is 0 Å². The summed E-state index contributed by atoms with van der Waals surface area (Å²) in [5, 5.41) is 4.39. The summed E-state index contributed by atoms with van der Waals surface area (Å²) in [5.41, 5.74) is 0. The lowest BCUT2D eigenvalue weighted by molar-refractivity contribution is 0.411. The molecule has 1 aromatic rings. The van der Waals surface area contributed by atoms with Crippen LogP contribution in [0.5, 0.6) is 5.75 Å². The van der Waals surface area contributed by atoms with Crippen LogP contribution >= 0.6 is 0 Å². The molecule has 0 aliphatic carbocycles. The summed E-state index contributed by atoms with van der Waals surface area (Å²) in [4.78, 5) is 0. The first-order valence-electron chi connectivity index (χ1n) is 3.17. The predicted molar refractivity (Wildman–Crippen MR) is 40.1 cm³/mol. The van der Waals surface area contributed by atoms with Gasteiger partial charge in [-0.3, -0.25) is 0 Å². The Morgan fingerprint density at radius 2 is 1.71 bits per heavy atom. The molecule has 0 heterocycles. The van der Waals surface area contributed by atoms with Gasteiger partial charge in [0.1, 0.15) is 0 Å². The zero-order chi connectivity index (χ0) is 10.9. The first-order chi connectivity index (χ1) is 6.31. The molecule has 1 rings (SSSR count). The Labute approximate surface area is 77.4 Å². The molecule has 78 valence electrons. The maximum atomic E-state index is 12.7. The van der Waals surface area contributed by atoms with E-state index in [2.05, 4.69) is 9.32 Å². The number of rotatable bonds is 2. The van der Waals surface area contributed by atoms with Crippen LogP contribution in [0.3, 0.4) is 0 Å². The third-order valence-corrected chi connectivity index (χ3v) is 1.62. The Morgan fingerprint density at radius 3 is 2.21 bits per heavy atom. The van der Waals surface area contributed by atoms with E-state index in [-0.39, 0.29) is 0 Å². The van der Waals surface area contributed by atoms with Crippen LogP contribution in [-0.4, -0.2) is 8.42 Å². The molecule has 0 spiro atoms. The fourth-order valence-electron chi connectivity index (χ4n) is 0.698. The Bertz CT molecular complexity index is 460. The highest BCUT2D eigenvalue weighted by Gasteiger charge is 2.17. The Balaban J connectivity index is 3.19. The molecule has 0 unspecified atom stereocenters. The number of hydrogen-bond acceptors (Lipinski definition) is 3. The standard InChI is InChI=1S/C6H4F3NO3S/c7-3-1-2-4(6(9)5(3)8)13-14(10,11)12/h1-2H,(H2,10,11,12). The summed E-state index contributed by atoms with van der Waals surface area (Å²) in [6.45, 7) is 0. The van der Waals surface area contributed by atoms with Crippen LogP contribution in [0.25, 0.3) is 0 Å². The summed E-state index contributed by atoms with van der Waals surface area (Å²) < 4.78 is 62.1. The molecule has 1 aromatic carbocycles. The third kappa shape index (κ3) is 2.36. The smallest absolute Gasteiger partial charge is 0.368 e. The highest BCUT2D eigenvalue weighted by atomic mass is 32.2. The molecule has 2 N–H and O–H groups in total. The Hall–Kier alpha value is -1.28. The van der Waals surface area contributed by atoms with E-state index in [1.54, 1.807) is 0 Å². The minimum absolute atomic E-state index is 0.513. The fourth-order valence-corrected chi connectivity index (χ4v) is 1.08. The molecule has 0 radical (unpaired) electrons. The lowest BCUT2D eigenvalue weighted by Crippen LogP contribution is -2.19. The Kier molecular flexibility index (Phi) is 2.67. The number of benzene rings is 1. The fraction of sp³-hybridized carbons (Fsp3) is 0. The van der Waals surface area contributed by atoms with Crippen LogP contribution in [0.4, 0.5) is 13.2 Å². The van der Waals surface area contributed by atoms with Crippen LogP contribution in [0.1, 0.15) is 0 Å². The van der Waals surface area contributed by atoms with Gasteiger partial charge in [0, 0.05) is 0 Å². The molecule has 0 atom stereocenters. The van der Waals surface area contributed by atoms with Gasteiger partial charge in [-0.25, -0.2) is 8.78 Å². The minimum atomic E-state index is -4.46. The average molecular weight is 227 g/mol. The van der Waals surface area contributed by atoms with Crippen molar-refractivity contribution in [1.82, 2.24) is 0 Å². The molecule has 0 amide bonds. The summed E-state index contributed by atoms with van der Waals surface area (Å²) in [6, 6.07) is 1.12. The highest BCUT2D eigenvalue weighted by molar-refractivity contribution is 7.84. The van der Waals surface area contributed by atoms with Gasteiger partial charge in [-0.15, -0.1) is 0 Å². The summed E-state index contributed by atoms with van der Waals surface area (Å²) in [6.07, 6.45) is 0. The number of halogens is 3. The van der Waals surface area contributed by atoms with Crippen molar-refractivity contribution in [3.05, 3.63) is 29.6 Å². The van der Waals surface area contributed by atoms with E-state index in [9.17, 15) is 21.6 Å². The predicted octanol–water partition coefficient (Wildman–Crippen LogP) is 0.686.